The molecule has 0 saturated carbocycles. The maximum absolute atomic E-state index is 11.7. The number of amides is 1. The maximum atomic E-state index is 11.7. The van der Waals surface area contributed by atoms with Gasteiger partial charge in [-0.1, -0.05) is 0 Å². The lowest BCUT2D eigenvalue weighted by atomic mass is 10.0. The van der Waals surface area contributed by atoms with Crippen molar-refractivity contribution in [1.29, 1.82) is 0 Å². The minimum Gasteiger partial charge on any atom is -0.398 e. The summed E-state index contributed by atoms with van der Waals surface area (Å²) in [5.74, 6) is -0.128. The zero-order valence-electron chi connectivity index (χ0n) is 11.9. The number of fused-ring (bicyclic) bond motifs is 4. The number of hydrogen-bond acceptors (Lipinski definition) is 4. The predicted octanol–water partition coefficient (Wildman–Crippen LogP) is 0.913. The zero-order chi connectivity index (χ0) is 14.1. The van der Waals surface area contributed by atoms with Gasteiger partial charge in [-0.3, -0.25) is 4.79 Å². The first-order valence-corrected chi connectivity index (χ1v) is 7.29. The highest BCUT2D eigenvalue weighted by Gasteiger charge is 2.29. The van der Waals surface area contributed by atoms with Crippen LogP contribution in [0.1, 0.15) is 23.2 Å². The monoisotopic (exact) mass is 274 g/mol. The van der Waals surface area contributed by atoms with Crippen LogP contribution in [0.4, 0.5) is 11.4 Å². The Morgan fingerprint density at radius 1 is 1.25 bits per heavy atom. The number of nitrogens with zero attached hydrogens (tertiary/aromatic N) is 2. The third-order valence-corrected chi connectivity index (χ3v) is 4.49. The van der Waals surface area contributed by atoms with E-state index in [1.807, 2.05) is 18.2 Å². The molecule has 20 heavy (non-hydrogen) atoms. The highest BCUT2D eigenvalue weighted by Crippen LogP contribution is 2.29. The highest BCUT2D eigenvalue weighted by atomic mass is 16.1. The molecule has 0 atom stereocenters. The molecule has 1 aromatic carbocycles. The molecule has 0 aliphatic carbocycles. The van der Waals surface area contributed by atoms with E-state index in [1.165, 1.54) is 25.9 Å². The highest BCUT2D eigenvalue weighted by molar-refractivity contribution is 5.99. The summed E-state index contributed by atoms with van der Waals surface area (Å²) >= 11 is 0. The molecule has 0 aromatic heterocycles. The maximum Gasteiger partial charge on any atom is 0.253 e. The van der Waals surface area contributed by atoms with E-state index in [-0.39, 0.29) is 5.91 Å². The second-order valence-electron chi connectivity index (χ2n) is 5.62. The number of nitrogens with two attached hydrogens (primary N) is 1. The topological polar surface area (TPSA) is 61.6 Å². The largest absolute Gasteiger partial charge is 0.398 e. The normalized spacial score (nSPS) is 25.4. The molecule has 0 radical (unpaired) electrons. The van der Waals surface area contributed by atoms with E-state index in [0.29, 0.717) is 17.3 Å². The van der Waals surface area contributed by atoms with E-state index in [4.69, 9.17) is 5.73 Å². The molecule has 5 heteroatoms. The molecule has 3 aliphatic rings. The summed E-state index contributed by atoms with van der Waals surface area (Å²) in [5, 5.41) is 2.62. The Labute approximate surface area is 119 Å². The number of nitrogens with one attached hydrogen (secondary N) is 1. The Bertz CT molecular complexity index is 509. The summed E-state index contributed by atoms with van der Waals surface area (Å²) in [7, 11) is 1.62. The minimum atomic E-state index is -0.128. The number of anilines is 2. The summed E-state index contributed by atoms with van der Waals surface area (Å²) < 4.78 is 0. The van der Waals surface area contributed by atoms with E-state index in [9.17, 15) is 4.79 Å². The number of rotatable bonds is 2. The molecule has 3 aliphatic heterocycles. The molecule has 0 unspecified atom stereocenters. The van der Waals surface area contributed by atoms with Gasteiger partial charge in [0, 0.05) is 50.6 Å². The van der Waals surface area contributed by atoms with Gasteiger partial charge in [-0.2, -0.15) is 0 Å². The molecule has 5 nitrogen and oxygen atoms in total. The van der Waals surface area contributed by atoms with Crippen molar-refractivity contribution in [2.45, 2.75) is 18.9 Å². The van der Waals surface area contributed by atoms with E-state index >= 15 is 0 Å². The molecule has 4 rings (SSSR count). The summed E-state index contributed by atoms with van der Waals surface area (Å²) in [6.07, 6.45) is 2.44. The Hall–Kier alpha value is -1.75. The standard InChI is InChI=1S/C15H22N4O/c1-17-15(20)13-3-2-12(10-14(13)16)19-9-8-18-6-4-11(19)5-7-18/h2-3,10-11H,4-9,16H2,1H3,(H,17,20). The molecule has 3 heterocycles. The fourth-order valence-corrected chi connectivity index (χ4v) is 3.30. The number of piperidine rings is 1. The molecule has 3 saturated heterocycles. The summed E-state index contributed by atoms with van der Waals surface area (Å²) in [4.78, 5) is 16.7. The Kier molecular flexibility index (Phi) is 3.53. The smallest absolute Gasteiger partial charge is 0.253 e. The second-order valence-corrected chi connectivity index (χ2v) is 5.62. The summed E-state index contributed by atoms with van der Waals surface area (Å²) in [6, 6.07) is 6.41. The van der Waals surface area contributed by atoms with Crippen LogP contribution in [0.5, 0.6) is 0 Å². The Balaban J connectivity index is 1.87. The molecular formula is C15H22N4O. The Morgan fingerprint density at radius 3 is 2.65 bits per heavy atom. The summed E-state index contributed by atoms with van der Waals surface area (Å²) in [5.41, 5.74) is 8.30. The van der Waals surface area contributed by atoms with Gasteiger partial charge in [0.15, 0.2) is 0 Å². The third-order valence-electron chi connectivity index (χ3n) is 4.49. The van der Waals surface area contributed by atoms with E-state index in [0.717, 1.165) is 18.8 Å². The number of carbonyl (C=O) groups excluding carboxylic acids is 1. The van der Waals surface area contributed by atoms with Crippen molar-refractivity contribution in [3.8, 4) is 0 Å². The van der Waals surface area contributed by atoms with Gasteiger partial charge in [0.2, 0.25) is 0 Å². The lowest BCUT2D eigenvalue weighted by molar-refractivity contribution is 0.0964. The predicted molar refractivity (Wildman–Crippen MR) is 81.1 cm³/mol. The molecule has 0 spiro atoms. The van der Waals surface area contributed by atoms with E-state index in [2.05, 4.69) is 15.1 Å². The summed E-state index contributed by atoms with van der Waals surface area (Å²) in [6.45, 7) is 4.57. The van der Waals surface area contributed by atoms with Gasteiger partial charge in [0.25, 0.3) is 5.91 Å². The van der Waals surface area contributed by atoms with Crippen molar-refractivity contribution in [2.75, 3.05) is 43.9 Å². The van der Waals surface area contributed by atoms with E-state index < -0.39 is 0 Å². The minimum absolute atomic E-state index is 0.128. The van der Waals surface area contributed by atoms with Gasteiger partial charge in [-0.15, -0.1) is 0 Å². The van der Waals surface area contributed by atoms with Crippen LogP contribution >= 0.6 is 0 Å². The number of benzene rings is 1. The fourth-order valence-electron chi connectivity index (χ4n) is 3.30. The van der Waals surface area contributed by atoms with Crippen LogP contribution < -0.4 is 16.0 Å². The zero-order valence-corrected chi connectivity index (χ0v) is 11.9. The van der Waals surface area contributed by atoms with Crippen LogP contribution in [0, 0.1) is 0 Å². The molecule has 1 amide bonds. The number of nitrogen functional groups attached to an aromatic ring is 1. The first-order valence-electron chi connectivity index (χ1n) is 7.29. The van der Waals surface area contributed by atoms with Crippen molar-refractivity contribution in [2.24, 2.45) is 0 Å². The van der Waals surface area contributed by atoms with Crippen LogP contribution in [0.3, 0.4) is 0 Å². The van der Waals surface area contributed by atoms with Crippen LogP contribution in [-0.2, 0) is 0 Å². The quantitative estimate of drug-likeness (QED) is 0.787. The van der Waals surface area contributed by atoms with E-state index in [1.54, 1.807) is 7.05 Å². The van der Waals surface area contributed by atoms with Crippen LogP contribution in [-0.4, -0.2) is 50.1 Å². The first-order chi connectivity index (χ1) is 9.69. The number of hydrogen-bond donors (Lipinski definition) is 2. The molecule has 2 bridgehead atoms. The van der Waals surface area contributed by atoms with Gasteiger partial charge in [0.05, 0.1) is 5.56 Å². The van der Waals surface area contributed by atoms with Crippen molar-refractivity contribution < 1.29 is 4.79 Å². The van der Waals surface area contributed by atoms with Crippen LogP contribution in [0.25, 0.3) is 0 Å². The van der Waals surface area contributed by atoms with Crippen LogP contribution in [0.15, 0.2) is 18.2 Å². The lowest BCUT2D eigenvalue weighted by Gasteiger charge is -2.33. The SMILES string of the molecule is CNC(=O)c1ccc(N2CCN3CCC2CC3)cc1N. The van der Waals surface area contributed by atoms with Gasteiger partial charge < -0.3 is 20.9 Å². The molecule has 108 valence electrons. The van der Waals surface area contributed by atoms with Gasteiger partial charge in [0.1, 0.15) is 0 Å². The molecule has 1 aromatic rings. The van der Waals surface area contributed by atoms with Crippen LogP contribution in [0.2, 0.25) is 0 Å². The second kappa shape index (κ2) is 5.32. The third kappa shape index (κ3) is 2.33. The Morgan fingerprint density at radius 2 is 2.00 bits per heavy atom. The molecular weight excluding hydrogens is 252 g/mol. The number of carbonyl (C=O) groups is 1. The molecule has 3 N–H and O–H groups in total. The van der Waals surface area contributed by atoms with Gasteiger partial charge >= 0.3 is 0 Å². The first kappa shape index (κ1) is 13.2. The van der Waals surface area contributed by atoms with Crippen molar-refractivity contribution >= 4 is 17.3 Å². The van der Waals surface area contributed by atoms with Crippen molar-refractivity contribution in [3.63, 3.8) is 0 Å². The van der Waals surface area contributed by atoms with Crippen molar-refractivity contribution in [3.05, 3.63) is 23.8 Å². The van der Waals surface area contributed by atoms with Gasteiger partial charge in [-0.25, -0.2) is 0 Å². The van der Waals surface area contributed by atoms with Gasteiger partial charge in [-0.05, 0) is 31.0 Å². The molecule has 3 fully saturated rings. The average Bonchev–Trinajstić information content (AvgIpc) is 2.80. The van der Waals surface area contributed by atoms with Crippen molar-refractivity contribution in [1.82, 2.24) is 10.2 Å². The average molecular weight is 274 g/mol. The lowest BCUT2D eigenvalue weighted by Crippen LogP contribution is -2.38. The fraction of sp³-hybridized carbons (Fsp3) is 0.533.